The van der Waals surface area contributed by atoms with Gasteiger partial charge in [-0.25, -0.2) is 4.39 Å². The lowest BCUT2D eigenvalue weighted by Crippen LogP contribution is -2.27. The molecule has 0 spiro atoms. The SMILES string of the molecule is COc1ccc(C(=O)Nc2ccc(N3CCCC3)c(C(=O)NCc3ccc(F)cc3)c2)c(OC)c1. The summed E-state index contributed by atoms with van der Waals surface area (Å²) in [6, 6.07) is 16.3. The van der Waals surface area contributed by atoms with E-state index >= 15 is 0 Å². The maximum Gasteiger partial charge on any atom is 0.259 e. The van der Waals surface area contributed by atoms with Crippen molar-refractivity contribution in [2.75, 3.05) is 37.5 Å². The van der Waals surface area contributed by atoms with Gasteiger partial charge in [0.1, 0.15) is 17.3 Å². The van der Waals surface area contributed by atoms with Gasteiger partial charge in [0.05, 0.1) is 25.3 Å². The number of hydrogen-bond donors (Lipinski definition) is 2. The Morgan fingerprint density at radius 1 is 0.886 bits per heavy atom. The first-order valence-corrected chi connectivity index (χ1v) is 11.4. The van der Waals surface area contributed by atoms with Crippen molar-refractivity contribution in [2.24, 2.45) is 0 Å². The largest absolute Gasteiger partial charge is 0.497 e. The summed E-state index contributed by atoms with van der Waals surface area (Å²) in [5, 5.41) is 5.77. The molecule has 0 radical (unpaired) electrons. The average molecular weight is 478 g/mol. The fourth-order valence-corrected chi connectivity index (χ4v) is 4.09. The normalized spacial score (nSPS) is 12.8. The summed E-state index contributed by atoms with van der Waals surface area (Å²) in [4.78, 5) is 28.3. The summed E-state index contributed by atoms with van der Waals surface area (Å²) < 4.78 is 23.7. The number of methoxy groups -OCH3 is 2. The van der Waals surface area contributed by atoms with Crippen molar-refractivity contribution < 1.29 is 23.5 Å². The van der Waals surface area contributed by atoms with Gasteiger partial charge in [0.25, 0.3) is 11.8 Å². The summed E-state index contributed by atoms with van der Waals surface area (Å²) in [5.74, 6) is 0.0000523. The molecule has 3 aromatic rings. The second-order valence-electron chi connectivity index (χ2n) is 8.26. The second kappa shape index (κ2) is 10.9. The molecule has 1 fully saturated rings. The summed E-state index contributed by atoms with van der Waals surface area (Å²) in [5.41, 5.74) is 2.91. The van der Waals surface area contributed by atoms with Gasteiger partial charge < -0.3 is 25.0 Å². The van der Waals surface area contributed by atoms with Crippen LogP contribution in [0.4, 0.5) is 15.8 Å². The number of rotatable bonds is 8. The maximum atomic E-state index is 13.2. The number of anilines is 2. The standard InChI is InChI=1S/C27H28FN3O4/c1-34-21-10-11-22(25(16-21)35-2)27(33)30-20-9-12-24(31-13-3-4-14-31)23(15-20)26(32)29-17-18-5-7-19(28)8-6-18/h5-12,15-16H,3-4,13-14,17H2,1-2H3,(H,29,32)(H,30,33). The van der Waals surface area contributed by atoms with Crippen LogP contribution in [0.2, 0.25) is 0 Å². The lowest BCUT2D eigenvalue weighted by atomic mass is 10.1. The highest BCUT2D eigenvalue weighted by molar-refractivity contribution is 6.08. The highest BCUT2D eigenvalue weighted by atomic mass is 19.1. The molecular formula is C27H28FN3O4. The van der Waals surface area contributed by atoms with E-state index in [1.54, 1.807) is 49.6 Å². The number of carbonyl (C=O) groups excluding carboxylic acids is 2. The van der Waals surface area contributed by atoms with E-state index in [0.29, 0.717) is 28.3 Å². The third-order valence-corrected chi connectivity index (χ3v) is 5.97. The lowest BCUT2D eigenvalue weighted by molar-refractivity contribution is 0.0950. The Balaban J connectivity index is 1.57. The maximum absolute atomic E-state index is 13.2. The van der Waals surface area contributed by atoms with Crippen LogP contribution < -0.4 is 25.0 Å². The zero-order valence-electron chi connectivity index (χ0n) is 19.8. The van der Waals surface area contributed by atoms with E-state index in [-0.39, 0.29) is 24.2 Å². The molecule has 182 valence electrons. The molecule has 2 N–H and O–H groups in total. The fraction of sp³-hybridized carbons (Fsp3) is 0.259. The Morgan fingerprint density at radius 2 is 1.63 bits per heavy atom. The monoisotopic (exact) mass is 477 g/mol. The molecule has 0 saturated carbocycles. The van der Waals surface area contributed by atoms with Crippen molar-refractivity contribution >= 4 is 23.2 Å². The molecule has 4 rings (SSSR count). The van der Waals surface area contributed by atoms with Crippen molar-refractivity contribution in [3.05, 3.63) is 83.2 Å². The Morgan fingerprint density at radius 3 is 2.31 bits per heavy atom. The Labute approximate surface area is 203 Å². The third-order valence-electron chi connectivity index (χ3n) is 5.97. The van der Waals surface area contributed by atoms with Crippen LogP contribution in [0.1, 0.15) is 39.1 Å². The highest BCUT2D eigenvalue weighted by Gasteiger charge is 2.21. The average Bonchev–Trinajstić information content (AvgIpc) is 3.42. The number of nitrogens with zero attached hydrogens (tertiary/aromatic N) is 1. The zero-order chi connectivity index (χ0) is 24.8. The molecule has 7 nitrogen and oxygen atoms in total. The number of halogens is 1. The molecule has 35 heavy (non-hydrogen) atoms. The molecule has 0 aromatic heterocycles. The van der Waals surface area contributed by atoms with Crippen molar-refractivity contribution in [3.63, 3.8) is 0 Å². The van der Waals surface area contributed by atoms with Crippen LogP contribution in [0.15, 0.2) is 60.7 Å². The molecule has 2 amide bonds. The number of hydrogen-bond acceptors (Lipinski definition) is 5. The van der Waals surface area contributed by atoms with Gasteiger partial charge in [0.15, 0.2) is 0 Å². The topological polar surface area (TPSA) is 79.9 Å². The number of carbonyl (C=O) groups is 2. The van der Waals surface area contributed by atoms with Gasteiger partial charge in [-0.15, -0.1) is 0 Å². The summed E-state index contributed by atoms with van der Waals surface area (Å²) in [6.07, 6.45) is 2.12. The van der Waals surface area contributed by atoms with E-state index in [1.165, 1.54) is 19.2 Å². The van der Waals surface area contributed by atoms with E-state index < -0.39 is 0 Å². The van der Waals surface area contributed by atoms with E-state index in [0.717, 1.165) is 37.2 Å². The molecule has 3 aromatic carbocycles. The van der Waals surface area contributed by atoms with Crippen molar-refractivity contribution in [1.82, 2.24) is 5.32 Å². The van der Waals surface area contributed by atoms with Crippen LogP contribution in [-0.4, -0.2) is 39.1 Å². The van der Waals surface area contributed by atoms with Crippen LogP contribution in [0, 0.1) is 5.82 Å². The van der Waals surface area contributed by atoms with Gasteiger partial charge in [-0.05, 0) is 60.9 Å². The molecule has 8 heteroatoms. The van der Waals surface area contributed by atoms with Gasteiger partial charge in [-0.1, -0.05) is 12.1 Å². The van der Waals surface area contributed by atoms with Crippen molar-refractivity contribution in [3.8, 4) is 11.5 Å². The minimum absolute atomic E-state index is 0.262. The minimum Gasteiger partial charge on any atom is -0.497 e. The number of nitrogens with one attached hydrogen (secondary N) is 2. The smallest absolute Gasteiger partial charge is 0.259 e. The van der Waals surface area contributed by atoms with Gasteiger partial charge in [-0.3, -0.25) is 9.59 Å². The minimum atomic E-state index is -0.365. The molecule has 1 heterocycles. The number of benzene rings is 3. The lowest BCUT2D eigenvalue weighted by Gasteiger charge is -2.22. The first kappa shape index (κ1) is 24.1. The van der Waals surface area contributed by atoms with E-state index in [9.17, 15) is 14.0 Å². The van der Waals surface area contributed by atoms with Gasteiger partial charge in [-0.2, -0.15) is 0 Å². The molecular weight excluding hydrogens is 449 g/mol. The van der Waals surface area contributed by atoms with Crippen LogP contribution in [0.5, 0.6) is 11.5 Å². The van der Waals surface area contributed by atoms with Crippen LogP contribution in [0.25, 0.3) is 0 Å². The quantitative estimate of drug-likeness (QED) is 0.495. The summed E-state index contributed by atoms with van der Waals surface area (Å²) in [7, 11) is 3.03. The van der Waals surface area contributed by atoms with E-state index in [1.807, 2.05) is 6.07 Å². The molecule has 1 aliphatic rings. The molecule has 0 bridgehead atoms. The summed E-state index contributed by atoms with van der Waals surface area (Å²) >= 11 is 0. The fourth-order valence-electron chi connectivity index (χ4n) is 4.09. The molecule has 0 aliphatic carbocycles. The Bertz CT molecular complexity index is 1210. The van der Waals surface area contributed by atoms with Crippen molar-refractivity contribution in [2.45, 2.75) is 19.4 Å². The van der Waals surface area contributed by atoms with E-state index in [2.05, 4.69) is 15.5 Å². The molecule has 0 atom stereocenters. The summed E-state index contributed by atoms with van der Waals surface area (Å²) in [6.45, 7) is 2.00. The second-order valence-corrected chi connectivity index (χ2v) is 8.26. The number of amides is 2. The van der Waals surface area contributed by atoms with Crippen molar-refractivity contribution in [1.29, 1.82) is 0 Å². The van der Waals surface area contributed by atoms with Gasteiger partial charge >= 0.3 is 0 Å². The van der Waals surface area contributed by atoms with Crippen LogP contribution in [0.3, 0.4) is 0 Å². The van der Waals surface area contributed by atoms with Gasteiger partial charge in [0, 0.05) is 37.1 Å². The van der Waals surface area contributed by atoms with Gasteiger partial charge in [0.2, 0.25) is 0 Å². The third kappa shape index (κ3) is 5.71. The Hall–Kier alpha value is -4.07. The predicted molar refractivity (Wildman–Crippen MR) is 133 cm³/mol. The first-order chi connectivity index (χ1) is 17.0. The number of ether oxygens (including phenoxy) is 2. The van der Waals surface area contributed by atoms with Crippen LogP contribution in [-0.2, 0) is 6.54 Å². The highest BCUT2D eigenvalue weighted by Crippen LogP contribution is 2.29. The zero-order valence-corrected chi connectivity index (χ0v) is 19.8. The Kier molecular flexibility index (Phi) is 7.50. The van der Waals surface area contributed by atoms with Crippen LogP contribution >= 0.6 is 0 Å². The predicted octanol–water partition coefficient (Wildman–Crippen LogP) is 4.63. The molecule has 0 unspecified atom stereocenters. The first-order valence-electron chi connectivity index (χ1n) is 11.4. The molecule has 1 aliphatic heterocycles. The van der Waals surface area contributed by atoms with E-state index in [4.69, 9.17) is 9.47 Å². The molecule has 1 saturated heterocycles.